The highest BCUT2D eigenvalue weighted by Gasteiger charge is 2.23. The Morgan fingerprint density at radius 2 is 2.07 bits per heavy atom. The molecule has 0 aliphatic heterocycles. The Kier molecular flexibility index (Phi) is 7.27. The summed E-state index contributed by atoms with van der Waals surface area (Å²) in [7, 11) is 3.32. The van der Waals surface area contributed by atoms with Gasteiger partial charge in [0.25, 0.3) is 0 Å². The Labute approximate surface area is 187 Å². The third-order valence-electron chi connectivity index (χ3n) is 5.21. The number of nitrogens with one attached hydrogen (secondary N) is 2. The minimum absolute atomic E-state index is 0.220. The minimum atomic E-state index is -0.392. The van der Waals surface area contributed by atoms with Gasteiger partial charge >= 0.3 is 5.95 Å². The number of aromatic nitrogens is 3. The smallest absolute Gasteiger partial charge is 0.402 e. The van der Waals surface area contributed by atoms with Crippen LogP contribution >= 0.6 is 25.4 Å². The highest BCUT2D eigenvalue weighted by atomic mass is 32.1. The molecule has 0 fully saturated rings. The number of fused-ring (bicyclic) bond motifs is 1. The lowest BCUT2D eigenvalue weighted by Crippen LogP contribution is -2.39. The van der Waals surface area contributed by atoms with Crippen molar-refractivity contribution < 1.29 is 18.8 Å². The van der Waals surface area contributed by atoms with Gasteiger partial charge in [0.15, 0.2) is 5.52 Å². The van der Waals surface area contributed by atoms with Crippen LogP contribution in [0.25, 0.3) is 17.0 Å². The van der Waals surface area contributed by atoms with E-state index in [-0.39, 0.29) is 5.12 Å². The fraction of sp³-hybridized carbons (Fsp3) is 0.381. The number of carbonyl (C=O) groups is 1. The molecule has 2 N–H and O–H groups in total. The number of imidazole rings is 1. The van der Waals surface area contributed by atoms with Crippen molar-refractivity contribution in [3.63, 3.8) is 0 Å². The second kappa shape index (κ2) is 9.72. The minimum Gasteiger partial charge on any atom is -0.497 e. The molecule has 9 heteroatoms. The molecule has 0 radical (unpaired) electrons. The summed E-state index contributed by atoms with van der Waals surface area (Å²) in [6.07, 6.45) is 4.15. The number of hydrogen-bond donors (Lipinski definition) is 4. The van der Waals surface area contributed by atoms with E-state index in [1.807, 2.05) is 38.2 Å². The first-order chi connectivity index (χ1) is 14.4. The zero-order valence-corrected chi connectivity index (χ0v) is 19.3. The molecule has 3 aromatic rings. The number of H-pyrrole nitrogens is 1. The highest BCUT2D eigenvalue weighted by Crippen LogP contribution is 2.26. The van der Waals surface area contributed by atoms with E-state index in [0.717, 1.165) is 58.1 Å². The number of aryl methyl sites for hydroxylation is 1. The van der Waals surface area contributed by atoms with Crippen LogP contribution in [-0.4, -0.2) is 35.3 Å². The molecule has 0 aliphatic rings. The van der Waals surface area contributed by atoms with Gasteiger partial charge in [-0.25, -0.2) is 9.55 Å². The predicted molar refractivity (Wildman–Crippen MR) is 123 cm³/mol. The van der Waals surface area contributed by atoms with Crippen LogP contribution in [0.15, 0.2) is 24.4 Å². The third kappa shape index (κ3) is 4.58. The number of methoxy groups -OCH3 is 2. The lowest BCUT2D eigenvalue weighted by molar-refractivity contribution is -0.612. The van der Waals surface area contributed by atoms with E-state index < -0.39 is 6.04 Å². The van der Waals surface area contributed by atoms with Gasteiger partial charge in [-0.3, -0.25) is 9.52 Å². The van der Waals surface area contributed by atoms with Crippen LogP contribution in [0.2, 0.25) is 0 Å². The van der Waals surface area contributed by atoms with Crippen LogP contribution in [-0.2, 0) is 11.2 Å². The number of aromatic amines is 1. The SMILES string of the molecule is COc1ccc2nc(-[n+]3cc(C)c(OC)c(C)c3CCCC(NS)C(=O)S)[nH]c2c1. The van der Waals surface area contributed by atoms with E-state index in [9.17, 15) is 4.79 Å². The average Bonchev–Trinajstić information content (AvgIpc) is 3.15. The maximum atomic E-state index is 11.6. The molecule has 0 amide bonds. The summed E-state index contributed by atoms with van der Waals surface area (Å²) < 4.78 is 15.7. The number of thiol groups is 2. The molecule has 0 bridgehead atoms. The van der Waals surface area contributed by atoms with Crippen molar-refractivity contribution in [3.8, 4) is 17.4 Å². The molecule has 3 rings (SSSR count). The Bertz CT molecular complexity index is 1070. The zero-order chi connectivity index (χ0) is 21.8. The van der Waals surface area contributed by atoms with Crippen LogP contribution < -0.4 is 18.8 Å². The second-order valence-corrected chi connectivity index (χ2v) is 7.84. The van der Waals surface area contributed by atoms with Crippen molar-refractivity contribution in [3.05, 3.63) is 41.2 Å². The summed E-state index contributed by atoms with van der Waals surface area (Å²) in [5, 5.41) is -0.220. The van der Waals surface area contributed by atoms with E-state index in [1.54, 1.807) is 14.2 Å². The first-order valence-electron chi connectivity index (χ1n) is 9.64. The average molecular weight is 448 g/mol. The Balaban J connectivity index is 2.02. The number of nitrogens with zero attached hydrogens (tertiary/aromatic N) is 2. The molecule has 0 saturated heterocycles. The van der Waals surface area contributed by atoms with E-state index >= 15 is 0 Å². The van der Waals surface area contributed by atoms with Gasteiger partial charge in [-0.2, -0.15) is 0 Å². The summed E-state index contributed by atoms with van der Waals surface area (Å²) in [6, 6.07) is 5.36. The van der Waals surface area contributed by atoms with Crippen molar-refractivity contribution in [2.24, 2.45) is 0 Å². The number of benzene rings is 1. The summed E-state index contributed by atoms with van der Waals surface area (Å²) in [4.78, 5) is 19.7. The van der Waals surface area contributed by atoms with Gasteiger partial charge < -0.3 is 9.47 Å². The Morgan fingerprint density at radius 3 is 2.70 bits per heavy atom. The number of rotatable bonds is 9. The normalized spacial score (nSPS) is 12.2. The number of pyridine rings is 1. The van der Waals surface area contributed by atoms with Crippen LogP contribution in [0.3, 0.4) is 0 Å². The standard InChI is InChI=1S/C21H26N4O3S2/c1-12-11-25(21-22-15-9-8-14(27-3)10-17(15)23-21)18(13(2)19(12)28-4)7-5-6-16(24-30)20(26)29/h8-11,16,24,30H,5-7H2,1-4H3,(H-,22,23,26,29)/p+1. The van der Waals surface area contributed by atoms with Gasteiger partial charge in [0.2, 0.25) is 5.12 Å². The molecule has 30 heavy (non-hydrogen) atoms. The summed E-state index contributed by atoms with van der Waals surface area (Å²) in [5.74, 6) is 2.34. The van der Waals surface area contributed by atoms with Gasteiger partial charge in [0.1, 0.15) is 17.0 Å². The molecule has 160 valence electrons. The van der Waals surface area contributed by atoms with Crippen molar-refractivity contribution in [1.29, 1.82) is 0 Å². The van der Waals surface area contributed by atoms with Crippen molar-refractivity contribution in [2.75, 3.05) is 14.2 Å². The second-order valence-electron chi connectivity index (χ2n) is 7.14. The lowest BCUT2D eigenvalue weighted by Gasteiger charge is -2.16. The molecular weight excluding hydrogens is 420 g/mol. The van der Waals surface area contributed by atoms with Crippen LogP contribution in [0.4, 0.5) is 0 Å². The van der Waals surface area contributed by atoms with Crippen molar-refractivity contribution >= 4 is 41.6 Å². The third-order valence-corrected chi connectivity index (χ3v) is 5.84. The van der Waals surface area contributed by atoms with Crippen molar-refractivity contribution in [1.82, 2.24) is 14.7 Å². The van der Waals surface area contributed by atoms with Gasteiger partial charge in [0.05, 0.1) is 32.2 Å². The number of carbonyl (C=O) groups excluding carboxylic acids is 1. The molecule has 1 aromatic carbocycles. The maximum Gasteiger partial charge on any atom is 0.402 e. The largest absolute Gasteiger partial charge is 0.497 e. The summed E-state index contributed by atoms with van der Waals surface area (Å²) in [5.41, 5.74) is 4.87. The number of hydrogen-bond acceptors (Lipinski definition) is 6. The molecule has 1 unspecified atom stereocenters. The summed E-state index contributed by atoms with van der Waals surface area (Å²) in [6.45, 7) is 4.06. The zero-order valence-electron chi connectivity index (χ0n) is 17.5. The predicted octanol–water partition coefficient (Wildman–Crippen LogP) is 3.06. The topological polar surface area (TPSA) is 80.1 Å². The highest BCUT2D eigenvalue weighted by molar-refractivity contribution is 7.96. The molecule has 0 spiro atoms. The molecule has 0 saturated carbocycles. The first-order valence-corrected chi connectivity index (χ1v) is 10.5. The van der Waals surface area contributed by atoms with Crippen LogP contribution in [0.1, 0.15) is 29.7 Å². The van der Waals surface area contributed by atoms with Gasteiger partial charge in [-0.15, -0.1) is 12.6 Å². The van der Waals surface area contributed by atoms with E-state index in [0.29, 0.717) is 6.42 Å². The molecule has 1 atom stereocenters. The van der Waals surface area contributed by atoms with Crippen LogP contribution in [0.5, 0.6) is 11.5 Å². The molecule has 7 nitrogen and oxygen atoms in total. The maximum absolute atomic E-state index is 11.6. The van der Waals surface area contributed by atoms with E-state index in [2.05, 4.69) is 39.7 Å². The molecule has 2 heterocycles. The fourth-order valence-corrected chi connectivity index (χ4v) is 4.22. The Morgan fingerprint density at radius 1 is 1.30 bits per heavy atom. The number of ether oxygens (including phenoxy) is 2. The monoisotopic (exact) mass is 447 g/mol. The Hall–Kier alpha value is -2.23. The van der Waals surface area contributed by atoms with Crippen molar-refractivity contribution in [2.45, 2.75) is 39.2 Å². The van der Waals surface area contributed by atoms with E-state index in [4.69, 9.17) is 14.5 Å². The van der Waals surface area contributed by atoms with Gasteiger partial charge in [0, 0.05) is 23.6 Å². The lowest BCUT2D eigenvalue weighted by atomic mass is 10.0. The quantitative estimate of drug-likeness (QED) is 0.300. The summed E-state index contributed by atoms with van der Waals surface area (Å²) >= 11 is 7.95. The fourth-order valence-electron chi connectivity index (χ4n) is 3.68. The molecule has 2 aromatic heterocycles. The van der Waals surface area contributed by atoms with Crippen LogP contribution in [0, 0.1) is 13.8 Å². The molecular formula is C21H27N4O3S2+. The van der Waals surface area contributed by atoms with Gasteiger partial charge in [-0.05, 0) is 38.8 Å². The van der Waals surface area contributed by atoms with E-state index in [1.165, 1.54) is 0 Å². The molecule has 0 aliphatic carbocycles. The first kappa shape index (κ1) is 22.5. The van der Waals surface area contributed by atoms with Gasteiger partial charge in [-0.1, -0.05) is 17.8 Å².